The van der Waals surface area contributed by atoms with E-state index in [0.29, 0.717) is 5.56 Å². The van der Waals surface area contributed by atoms with Crippen LogP contribution in [0.5, 0.6) is 0 Å². The fraction of sp³-hybridized carbons (Fsp3) is 0.0476. The summed E-state index contributed by atoms with van der Waals surface area (Å²) < 4.78 is 27.7. The Hall–Kier alpha value is -3.36. The first-order valence-corrected chi connectivity index (χ1v) is 10.7. The van der Waals surface area contributed by atoms with Crippen molar-refractivity contribution in [3.8, 4) is 0 Å². The Balaban J connectivity index is 1.73. The third-order valence-corrected chi connectivity index (χ3v) is 5.90. The lowest BCUT2D eigenvalue weighted by molar-refractivity contribution is 0.0846. The number of nitrogens with one attached hydrogen (secondary N) is 3. The minimum atomic E-state index is -3.97. The molecular weight excluding hydrogens is 426 g/mol. The number of carbonyl (C=O) groups excluding carboxylic acids is 2. The van der Waals surface area contributed by atoms with E-state index in [1.165, 1.54) is 30.3 Å². The number of para-hydroxylation sites is 1. The van der Waals surface area contributed by atoms with Gasteiger partial charge in [0.05, 0.1) is 15.6 Å². The van der Waals surface area contributed by atoms with Crippen LogP contribution in [0.1, 0.15) is 26.3 Å². The Morgan fingerprint density at radius 3 is 2.23 bits per heavy atom. The lowest BCUT2D eigenvalue weighted by Gasteiger charge is -2.11. The van der Waals surface area contributed by atoms with Crippen LogP contribution in [0.2, 0.25) is 5.02 Å². The second kappa shape index (κ2) is 8.98. The van der Waals surface area contributed by atoms with E-state index in [1.807, 2.05) is 0 Å². The summed E-state index contributed by atoms with van der Waals surface area (Å²) in [5.74, 6) is -1.14. The smallest absolute Gasteiger partial charge is 0.269 e. The Morgan fingerprint density at radius 1 is 0.833 bits per heavy atom. The van der Waals surface area contributed by atoms with Gasteiger partial charge in [-0.3, -0.25) is 25.2 Å². The average Bonchev–Trinajstić information content (AvgIpc) is 2.74. The summed E-state index contributed by atoms with van der Waals surface area (Å²) in [7, 11) is -3.97. The summed E-state index contributed by atoms with van der Waals surface area (Å²) in [5, 5.41) is 0.244. The van der Waals surface area contributed by atoms with Crippen LogP contribution in [0.25, 0.3) is 0 Å². The molecule has 0 saturated heterocycles. The molecule has 3 rings (SSSR count). The molecule has 0 aromatic heterocycles. The molecular formula is C21H18ClN3O4S. The first-order chi connectivity index (χ1) is 14.3. The van der Waals surface area contributed by atoms with Crippen molar-refractivity contribution in [1.29, 1.82) is 0 Å². The first-order valence-electron chi connectivity index (χ1n) is 8.81. The molecule has 2 amide bonds. The van der Waals surface area contributed by atoms with Gasteiger partial charge in [0.2, 0.25) is 0 Å². The van der Waals surface area contributed by atoms with E-state index in [0.717, 1.165) is 5.56 Å². The van der Waals surface area contributed by atoms with E-state index in [9.17, 15) is 18.0 Å². The molecule has 0 radical (unpaired) electrons. The zero-order valence-corrected chi connectivity index (χ0v) is 17.4. The Morgan fingerprint density at radius 2 is 1.50 bits per heavy atom. The van der Waals surface area contributed by atoms with Gasteiger partial charge in [0, 0.05) is 11.1 Å². The Kier molecular flexibility index (Phi) is 6.39. The number of aryl methyl sites for hydroxylation is 1. The van der Waals surface area contributed by atoms with Crippen LogP contribution in [0, 0.1) is 6.92 Å². The van der Waals surface area contributed by atoms with Crippen LogP contribution in [-0.4, -0.2) is 20.2 Å². The number of sulfonamides is 1. The molecule has 0 atom stereocenters. The summed E-state index contributed by atoms with van der Waals surface area (Å²) in [5.41, 5.74) is 6.06. The predicted molar refractivity (Wildman–Crippen MR) is 115 cm³/mol. The largest absolute Gasteiger partial charge is 0.278 e. The zero-order valence-electron chi connectivity index (χ0n) is 15.8. The zero-order chi connectivity index (χ0) is 21.7. The van der Waals surface area contributed by atoms with E-state index in [4.69, 9.17) is 11.6 Å². The molecule has 7 nitrogen and oxygen atoms in total. The summed E-state index contributed by atoms with van der Waals surface area (Å²) in [6.07, 6.45) is 0. The highest BCUT2D eigenvalue weighted by atomic mass is 35.5. The van der Waals surface area contributed by atoms with Crippen molar-refractivity contribution in [2.24, 2.45) is 0 Å². The lowest BCUT2D eigenvalue weighted by atomic mass is 10.1. The highest BCUT2D eigenvalue weighted by Gasteiger charge is 2.18. The SMILES string of the molecule is Cc1ccccc1C(=O)NNC(=O)c1cccc(S(=O)(=O)Nc2ccccc2Cl)c1. The molecule has 3 N–H and O–H groups in total. The molecule has 0 aliphatic carbocycles. The number of rotatable bonds is 5. The monoisotopic (exact) mass is 443 g/mol. The van der Waals surface area contributed by atoms with Crippen molar-refractivity contribution in [3.05, 3.63) is 94.5 Å². The molecule has 9 heteroatoms. The quantitative estimate of drug-likeness (QED) is 0.524. The number of hydrazine groups is 1. The average molecular weight is 444 g/mol. The van der Waals surface area contributed by atoms with E-state index in [1.54, 1.807) is 49.4 Å². The Bertz CT molecular complexity index is 1210. The fourth-order valence-corrected chi connectivity index (χ4v) is 4.00. The van der Waals surface area contributed by atoms with Gasteiger partial charge in [-0.2, -0.15) is 0 Å². The second-order valence-corrected chi connectivity index (χ2v) is 8.43. The summed E-state index contributed by atoms with van der Waals surface area (Å²) >= 11 is 6.00. The van der Waals surface area contributed by atoms with Crippen LogP contribution in [-0.2, 0) is 10.0 Å². The molecule has 0 spiro atoms. The molecule has 0 saturated carbocycles. The van der Waals surface area contributed by atoms with E-state index < -0.39 is 21.8 Å². The summed E-state index contributed by atoms with van der Waals surface area (Å²) in [6.45, 7) is 1.77. The summed E-state index contributed by atoms with van der Waals surface area (Å²) in [6, 6.07) is 18.7. The molecule has 30 heavy (non-hydrogen) atoms. The maximum absolute atomic E-state index is 12.6. The molecule has 0 bridgehead atoms. The van der Waals surface area contributed by atoms with Crippen LogP contribution >= 0.6 is 11.6 Å². The van der Waals surface area contributed by atoms with Gasteiger partial charge < -0.3 is 0 Å². The third-order valence-electron chi connectivity index (χ3n) is 4.20. The van der Waals surface area contributed by atoms with Gasteiger partial charge in [0.25, 0.3) is 21.8 Å². The highest BCUT2D eigenvalue weighted by molar-refractivity contribution is 7.92. The maximum atomic E-state index is 12.6. The second-order valence-electron chi connectivity index (χ2n) is 6.34. The van der Waals surface area contributed by atoms with E-state index in [-0.39, 0.29) is 21.2 Å². The van der Waals surface area contributed by atoms with Gasteiger partial charge in [-0.15, -0.1) is 0 Å². The normalized spacial score (nSPS) is 10.9. The van der Waals surface area contributed by atoms with E-state index >= 15 is 0 Å². The number of anilines is 1. The number of halogens is 1. The molecule has 0 aliphatic heterocycles. The van der Waals surface area contributed by atoms with Crippen LogP contribution < -0.4 is 15.6 Å². The topological polar surface area (TPSA) is 104 Å². The van der Waals surface area contributed by atoms with Crippen LogP contribution in [0.3, 0.4) is 0 Å². The fourth-order valence-electron chi connectivity index (χ4n) is 2.63. The van der Waals surface area contributed by atoms with Gasteiger partial charge >= 0.3 is 0 Å². The molecule has 0 heterocycles. The first kappa shape index (κ1) is 21.4. The molecule has 154 valence electrons. The van der Waals surface area contributed by atoms with Gasteiger partial charge in [-0.25, -0.2) is 8.42 Å². The van der Waals surface area contributed by atoms with E-state index in [2.05, 4.69) is 15.6 Å². The molecule has 0 unspecified atom stereocenters. The third kappa shape index (κ3) is 4.97. The standard InChI is InChI=1S/C21H18ClN3O4S/c1-14-7-2-3-10-17(14)21(27)24-23-20(26)15-8-6-9-16(13-15)30(28,29)25-19-12-5-4-11-18(19)22/h2-13,25H,1H3,(H,23,26)(H,24,27). The predicted octanol–water partition coefficient (Wildman–Crippen LogP) is 3.52. The van der Waals surface area contributed by atoms with Crippen molar-refractivity contribution in [2.75, 3.05) is 4.72 Å². The molecule has 0 aliphatic rings. The maximum Gasteiger partial charge on any atom is 0.269 e. The van der Waals surface area contributed by atoms with Crippen molar-refractivity contribution < 1.29 is 18.0 Å². The van der Waals surface area contributed by atoms with Crippen molar-refractivity contribution in [2.45, 2.75) is 11.8 Å². The van der Waals surface area contributed by atoms with Crippen molar-refractivity contribution in [3.63, 3.8) is 0 Å². The Labute approximate surface area is 179 Å². The van der Waals surface area contributed by atoms with Gasteiger partial charge in [0.15, 0.2) is 0 Å². The van der Waals surface area contributed by atoms with Crippen molar-refractivity contribution >= 4 is 39.1 Å². The number of hydrogen-bond acceptors (Lipinski definition) is 4. The highest BCUT2D eigenvalue weighted by Crippen LogP contribution is 2.24. The molecule has 3 aromatic rings. The minimum absolute atomic E-state index is 0.0575. The number of amides is 2. The number of hydrogen-bond donors (Lipinski definition) is 3. The van der Waals surface area contributed by atoms with Gasteiger partial charge in [0.1, 0.15) is 0 Å². The van der Waals surface area contributed by atoms with Gasteiger partial charge in [-0.05, 0) is 48.9 Å². The van der Waals surface area contributed by atoms with Gasteiger partial charge in [-0.1, -0.05) is 48.0 Å². The number of benzene rings is 3. The van der Waals surface area contributed by atoms with Crippen LogP contribution in [0.4, 0.5) is 5.69 Å². The number of carbonyl (C=O) groups is 2. The lowest BCUT2D eigenvalue weighted by Crippen LogP contribution is -2.41. The van der Waals surface area contributed by atoms with Crippen molar-refractivity contribution in [1.82, 2.24) is 10.9 Å². The molecule has 0 fully saturated rings. The minimum Gasteiger partial charge on any atom is -0.278 e. The van der Waals surface area contributed by atoms with Crippen LogP contribution in [0.15, 0.2) is 77.7 Å². The molecule has 3 aromatic carbocycles. The summed E-state index contributed by atoms with van der Waals surface area (Å²) in [4.78, 5) is 24.5.